The summed E-state index contributed by atoms with van der Waals surface area (Å²) in [6, 6.07) is 4.73. The molecular formula is C37H51F2N3O6. The Labute approximate surface area is 282 Å². The van der Waals surface area contributed by atoms with E-state index >= 15 is 8.78 Å². The number of ketones is 1. The average Bonchev–Trinajstić information content (AvgIpc) is 3.57. The second-order valence-electron chi connectivity index (χ2n) is 15.2. The lowest BCUT2D eigenvalue weighted by atomic mass is 9.85. The number of hydrogen-bond donors (Lipinski definition) is 1. The standard InChI is InChI=1S/C37H51F2N3O6/c1-8-26-29-21-42(30(26)22(2)43)33(44)32(35(3,4)5)41-34(45)48-36(6)17-12-14-24(36)13-10-9-11-18-37(38,39)31-28(47-29)20-23-19-25(46-7)15-16-27(23)40-31/h15-16,19-20,24,26,29-30,32H,8-14,17-18,21H2,1-7H3,(H,41,45)/t24-,26-,29+,30-,32-,36-/m1/s1. The molecule has 11 heteroatoms. The number of methoxy groups -OCH3 is 1. The first-order valence-corrected chi connectivity index (χ1v) is 17.4. The quantitative estimate of drug-likeness (QED) is 0.359. The van der Waals surface area contributed by atoms with E-state index in [2.05, 4.69) is 10.3 Å². The molecule has 5 rings (SSSR count). The van der Waals surface area contributed by atoms with E-state index in [-0.39, 0.29) is 30.4 Å². The summed E-state index contributed by atoms with van der Waals surface area (Å²) < 4.78 is 50.3. The molecule has 6 atom stereocenters. The Morgan fingerprint density at radius 3 is 2.50 bits per heavy atom. The van der Waals surface area contributed by atoms with Crippen molar-refractivity contribution in [1.29, 1.82) is 0 Å². The number of aromatic nitrogens is 1. The minimum absolute atomic E-state index is 0.0220. The predicted molar refractivity (Wildman–Crippen MR) is 178 cm³/mol. The maximum absolute atomic E-state index is 16.2. The van der Waals surface area contributed by atoms with Gasteiger partial charge in [-0.05, 0) is 88.0 Å². The van der Waals surface area contributed by atoms with Gasteiger partial charge in [0.1, 0.15) is 29.2 Å². The lowest BCUT2D eigenvalue weighted by molar-refractivity contribution is -0.141. The van der Waals surface area contributed by atoms with Crippen molar-refractivity contribution in [3.63, 3.8) is 0 Å². The Balaban J connectivity index is 1.60. The summed E-state index contributed by atoms with van der Waals surface area (Å²) in [5.74, 6) is -3.90. The van der Waals surface area contributed by atoms with E-state index in [9.17, 15) is 14.4 Å². The number of halogens is 2. The number of nitrogens with zero attached hydrogens (tertiary/aromatic N) is 2. The van der Waals surface area contributed by atoms with Crippen molar-refractivity contribution < 1.29 is 37.4 Å². The van der Waals surface area contributed by atoms with Gasteiger partial charge in [-0.3, -0.25) is 9.59 Å². The second-order valence-corrected chi connectivity index (χ2v) is 15.2. The summed E-state index contributed by atoms with van der Waals surface area (Å²) >= 11 is 0. The van der Waals surface area contributed by atoms with E-state index in [1.54, 1.807) is 24.3 Å². The predicted octanol–water partition coefficient (Wildman–Crippen LogP) is 7.57. The highest BCUT2D eigenvalue weighted by molar-refractivity contribution is 5.92. The molecule has 0 radical (unpaired) electrons. The number of amides is 2. The molecule has 2 fully saturated rings. The SMILES string of the molecule is CC[C@@H]1[C@@H]2CN(C(=O)[C@H](C(C)(C)C)NC(=O)O[C@]3(C)CCC[C@H]3CCCCCC(F)(F)c3nc4ccc(OC)cc4cc3O2)[C@@H]1C(C)=O. The topological polar surface area (TPSA) is 107 Å². The van der Waals surface area contributed by atoms with Crippen molar-refractivity contribution in [2.75, 3.05) is 13.7 Å². The fourth-order valence-corrected chi connectivity index (χ4v) is 8.01. The van der Waals surface area contributed by atoms with Gasteiger partial charge < -0.3 is 24.4 Å². The van der Waals surface area contributed by atoms with Crippen molar-refractivity contribution >= 4 is 28.7 Å². The molecule has 2 bridgehead atoms. The number of alkyl carbamates (subject to hydrolysis) is 1. The molecular weight excluding hydrogens is 620 g/mol. The van der Waals surface area contributed by atoms with Crippen LogP contribution in [0.1, 0.15) is 105 Å². The van der Waals surface area contributed by atoms with Crippen molar-refractivity contribution in [1.82, 2.24) is 15.2 Å². The summed E-state index contributed by atoms with van der Waals surface area (Å²) in [6.45, 7) is 10.8. The minimum Gasteiger partial charge on any atom is -0.497 e. The van der Waals surface area contributed by atoms with Crippen LogP contribution in [0.15, 0.2) is 24.3 Å². The number of benzene rings is 1. The van der Waals surface area contributed by atoms with Crippen molar-refractivity contribution in [2.24, 2.45) is 17.3 Å². The first-order valence-electron chi connectivity index (χ1n) is 17.4. The number of alkyl halides is 2. The second kappa shape index (κ2) is 13.8. The fourth-order valence-electron chi connectivity index (χ4n) is 8.01. The van der Waals surface area contributed by atoms with Crippen molar-refractivity contribution in [2.45, 2.75) is 129 Å². The smallest absolute Gasteiger partial charge is 0.408 e. The molecule has 2 aliphatic heterocycles. The Hall–Kier alpha value is -3.50. The van der Waals surface area contributed by atoms with Gasteiger partial charge in [0.05, 0.1) is 25.2 Å². The van der Waals surface area contributed by atoms with E-state index < -0.39 is 65.2 Å². The number of pyridine rings is 1. The maximum Gasteiger partial charge on any atom is 0.408 e. The number of nitrogens with one attached hydrogen (secondary N) is 1. The molecule has 264 valence electrons. The van der Waals surface area contributed by atoms with Crippen molar-refractivity contribution in [3.05, 3.63) is 30.0 Å². The summed E-state index contributed by atoms with van der Waals surface area (Å²) in [4.78, 5) is 47.0. The molecule has 1 saturated heterocycles. The zero-order valence-electron chi connectivity index (χ0n) is 29.4. The van der Waals surface area contributed by atoms with Gasteiger partial charge in [0.2, 0.25) is 5.91 Å². The molecule has 1 saturated carbocycles. The van der Waals surface area contributed by atoms with Crippen LogP contribution in [0.4, 0.5) is 13.6 Å². The third kappa shape index (κ3) is 7.25. The number of hydrogen-bond acceptors (Lipinski definition) is 7. The van der Waals surface area contributed by atoms with Gasteiger partial charge in [0.15, 0.2) is 11.5 Å². The largest absolute Gasteiger partial charge is 0.497 e. The van der Waals surface area contributed by atoms with Crippen LogP contribution < -0.4 is 14.8 Å². The molecule has 0 spiro atoms. The van der Waals surface area contributed by atoms with Gasteiger partial charge >= 0.3 is 6.09 Å². The van der Waals surface area contributed by atoms with Gasteiger partial charge in [-0.2, -0.15) is 8.78 Å². The zero-order valence-corrected chi connectivity index (χ0v) is 29.4. The summed E-state index contributed by atoms with van der Waals surface area (Å²) in [7, 11) is 1.53. The van der Waals surface area contributed by atoms with E-state index in [0.717, 1.165) is 25.7 Å². The summed E-state index contributed by atoms with van der Waals surface area (Å²) in [6.07, 6.45) is 3.39. The summed E-state index contributed by atoms with van der Waals surface area (Å²) in [5.41, 5.74) is -1.52. The molecule has 3 heterocycles. The van der Waals surface area contributed by atoms with Gasteiger partial charge in [0, 0.05) is 17.7 Å². The first kappa shape index (κ1) is 35.8. The Morgan fingerprint density at radius 1 is 1.10 bits per heavy atom. The van der Waals surface area contributed by atoms with E-state index in [1.807, 2.05) is 34.6 Å². The van der Waals surface area contributed by atoms with Crippen LogP contribution in [0.3, 0.4) is 0 Å². The molecule has 1 aliphatic carbocycles. The number of Topliss-reactive ketones (excluding diaryl/α,β-unsaturated/α-hetero) is 1. The molecule has 1 aromatic carbocycles. The Morgan fingerprint density at radius 2 is 1.83 bits per heavy atom. The normalized spacial score (nSPS) is 30.2. The van der Waals surface area contributed by atoms with E-state index in [0.29, 0.717) is 35.9 Å². The Kier molecular flexibility index (Phi) is 10.3. The number of ether oxygens (including phenoxy) is 3. The third-order valence-electron chi connectivity index (χ3n) is 10.7. The monoisotopic (exact) mass is 671 g/mol. The van der Waals surface area contributed by atoms with Crippen LogP contribution in [-0.4, -0.2) is 65.1 Å². The highest BCUT2D eigenvalue weighted by atomic mass is 19.3. The van der Waals surface area contributed by atoms with E-state index in [4.69, 9.17) is 14.2 Å². The van der Waals surface area contributed by atoms with Crippen LogP contribution in [-0.2, 0) is 20.2 Å². The van der Waals surface area contributed by atoms with Crippen LogP contribution in [0, 0.1) is 17.3 Å². The molecule has 48 heavy (non-hydrogen) atoms. The van der Waals surface area contributed by atoms with Gasteiger partial charge in [0.25, 0.3) is 5.92 Å². The zero-order chi connectivity index (χ0) is 35.0. The molecule has 1 aromatic heterocycles. The Bertz CT molecular complexity index is 1530. The molecule has 2 amide bonds. The van der Waals surface area contributed by atoms with Gasteiger partial charge in [-0.25, -0.2) is 9.78 Å². The molecule has 3 aliphatic rings. The van der Waals surface area contributed by atoms with Crippen LogP contribution in [0.25, 0.3) is 10.9 Å². The average molecular weight is 672 g/mol. The highest BCUT2D eigenvalue weighted by Gasteiger charge is 2.51. The molecule has 0 unspecified atom stereocenters. The minimum atomic E-state index is -3.29. The fraction of sp³-hybridized carbons (Fsp3) is 0.676. The molecule has 9 nitrogen and oxygen atoms in total. The maximum atomic E-state index is 16.2. The van der Waals surface area contributed by atoms with E-state index in [1.165, 1.54) is 18.9 Å². The van der Waals surface area contributed by atoms with Crippen LogP contribution in [0.5, 0.6) is 11.5 Å². The van der Waals surface area contributed by atoms with Gasteiger partial charge in [-0.1, -0.05) is 40.5 Å². The number of rotatable bonds is 3. The van der Waals surface area contributed by atoms with Crippen LogP contribution in [0.2, 0.25) is 0 Å². The first-order chi connectivity index (χ1) is 22.6. The third-order valence-corrected chi connectivity index (χ3v) is 10.7. The lowest BCUT2D eigenvalue weighted by Crippen LogP contribution is -2.58. The number of carbonyl (C=O) groups excluding carboxylic acids is 3. The summed E-state index contributed by atoms with van der Waals surface area (Å²) in [5, 5.41) is 3.43. The van der Waals surface area contributed by atoms with Crippen molar-refractivity contribution in [3.8, 4) is 11.5 Å². The molecule has 1 N–H and O–H groups in total. The number of fused-ring (bicyclic) bond motifs is 5. The van der Waals surface area contributed by atoms with Crippen LogP contribution >= 0.6 is 0 Å². The van der Waals surface area contributed by atoms with Gasteiger partial charge in [-0.15, -0.1) is 0 Å². The molecule has 2 aromatic rings. The highest BCUT2D eigenvalue weighted by Crippen LogP contribution is 2.44. The lowest BCUT2D eigenvalue weighted by Gasteiger charge is -2.37. The number of carbonyl (C=O) groups is 3.